The highest BCUT2D eigenvalue weighted by molar-refractivity contribution is 6.10. The molecule has 0 N–H and O–H groups in total. The van der Waals surface area contributed by atoms with Crippen LogP contribution in [-0.4, -0.2) is 4.57 Å². The van der Waals surface area contributed by atoms with Crippen LogP contribution >= 0.6 is 0 Å². The van der Waals surface area contributed by atoms with Gasteiger partial charge in [0, 0.05) is 33.5 Å². The number of anilines is 3. The van der Waals surface area contributed by atoms with Gasteiger partial charge in [-0.15, -0.1) is 0 Å². The lowest BCUT2D eigenvalue weighted by atomic mass is 9.68. The lowest BCUT2D eigenvalue weighted by Gasteiger charge is -2.34. The van der Waals surface area contributed by atoms with E-state index in [0.29, 0.717) is 0 Å². The van der Waals surface area contributed by atoms with Crippen LogP contribution in [0.3, 0.4) is 0 Å². The van der Waals surface area contributed by atoms with E-state index in [-0.39, 0.29) is 0 Å². The van der Waals surface area contributed by atoms with Crippen LogP contribution in [0.1, 0.15) is 22.3 Å². The molecule has 1 aromatic heterocycles. The van der Waals surface area contributed by atoms with Gasteiger partial charge in [0.05, 0.1) is 16.4 Å². The topological polar surface area (TPSA) is 8.17 Å². The lowest BCUT2D eigenvalue weighted by Crippen LogP contribution is -2.28. The van der Waals surface area contributed by atoms with Gasteiger partial charge in [-0.25, -0.2) is 0 Å². The Bertz CT molecular complexity index is 4430. The molecule has 15 rings (SSSR count). The molecule has 0 saturated heterocycles. The van der Waals surface area contributed by atoms with Crippen LogP contribution in [0.25, 0.3) is 93.5 Å². The summed E-state index contributed by atoms with van der Waals surface area (Å²) in [5.74, 6) is 0. The summed E-state index contributed by atoms with van der Waals surface area (Å²) in [5.41, 5.74) is 21.2. The summed E-state index contributed by atoms with van der Waals surface area (Å²) in [6.45, 7) is 0. The molecule has 14 aromatic rings. The molecular formula is C75H50N2. The zero-order valence-corrected chi connectivity index (χ0v) is 42.3. The summed E-state index contributed by atoms with van der Waals surface area (Å²) >= 11 is 0. The van der Waals surface area contributed by atoms with E-state index in [1.165, 1.54) is 110 Å². The molecule has 1 aliphatic rings. The molecule has 0 fully saturated rings. The fourth-order valence-corrected chi connectivity index (χ4v) is 12.9. The van der Waals surface area contributed by atoms with E-state index < -0.39 is 5.41 Å². The van der Waals surface area contributed by atoms with E-state index in [0.717, 1.165) is 22.7 Å². The van der Waals surface area contributed by atoms with Gasteiger partial charge in [-0.05, 0) is 149 Å². The summed E-state index contributed by atoms with van der Waals surface area (Å²) in [5, 5.41) is 7.40. The second-order valence-electron chi connectivity index (χ2n) is 20.3. The Morgan fingerprint density at radius 2 is 0.714 bits per heavy atom. The van der Waals surface area contributed by atoms with E-state index in [4.69, 9.17) is 0 Å². The van der Waals surface area contributed by atoms with E-state index in [2.05, 4.69) is 313 Å². The van der Waals surface area contributed by atoms with Gasteiger partial charge in [-0.1, -0.05) is 243 Å². The fourth-order valence-electron chi connectivity index (χ4n) is 12.9. The number of hydrogen-bond donors (Lipinski definition) is 0. The Labute approximate surface area is 448 Å². The number of aromatic nitrogens is 1. The third kappa shape index (κ3) is 7.10. The van der Waals surface area contributed by atoms with Gasteiger partial charge in [-0.2, -0.15) is 0 Å². The summed E-state index contributed by atoms with van der Waals surface area (Å²) < 4.78 is 2.38. The molecule has 77 heavy (non-hydrogen) atoms. The van der Waals surface area contributed by atoms with Crippen molar-refractivity contribution in [2.45, 2.75) is 5.41 Å². The van der Waals surface area contributed by atoms with Gasteiger partial charge < -0.3 is 9.47 Å². The van der Waals surface area contributed by atoms with Crippen molar-refractivity contribution in [3.8, 4) is 50.2 Å². The van der Waals surface area contributed by atoms with E-state index >= 15 is 0 Å². The van der Waals surface area contributed by atoms with Gasteiger partial charge in [0.2, 0.25) is 0 Å². The molecule has 0 bridgehead atoms. The monoisotopic (exact) mass is 978 g/mol. The first-order valence-electron chi connectivity index (χ1n) is 26.7. The molecule has 2 heteroatoms. The molecule has 0 aliphatic heterocycles. The summed E-state index contributed by atoms with van der Waals surface area (Å²) in [6, 6.07) is 112. The lowest BCUT2D eigenvalue weighted by molar-refractivity contribution is 0.768. The number of nitrogens with zero attached hydrogens (tertiary/aromatic N) is 2. The molecule has 2 nitrogen and oxygen atoms in total. The largest absolute Gasteiger partial charge is 0.310 e. The summed E-state index contributed by atoms with van der Waals surface area (Å²) in [4.78, 5) is 2.42. The van der Waals surface area contributed by atoms with Gasteiger partial charge >= 0.3 is 0 Å². The minimum atomic E-state index is -0.489. The molecule has 0 atom stereocenters. The maximum absolute atomic E-state index is 2.42. The Kier molecular flexibility index (Phi) is 10.5. The van der Waals surface area contributed by atoms with Crippen LogP contribution in [0.15, 0.2) is 303 Å². The Hall–Kier alpha value is -10.0. The van der Waals surface area contributed by atoms with Crippen molar-refractivity contribution < 1.29 is 0 Å². The third-order valence-electron chi connectivity index (χ3n) is 16.3. The van der Waals surface area contributed by atoms with Crippen molar-refractivity contribution in [3.63, 3.8) is 0 Å². The predicted molar refractivity (Wildman–Crippen MR) is 324 cm³/mol. The number of para-hydroxylation sites is 2. The van der Waals surface area contributed by atoms with Crippen molar-refractivity contribution in [1.29, 1.82) is 0 Å². The highest BCUT2D eigenvalue weighted by Crippen LogP contribution is 2.56. The Balaban J connectivity index is 0.858. The summed E-state index contributed by atoms with van der Waals surface area (Å²) in [7, 11) is 0. The van der Waals surface area contributed by atoms with Crippen molar-refractivity contribution in [3.05, 3.63) is 326 Å². The van der Waals surface area contributed by atoms with Crippen molar-refractivity contribution in [1.82, 2.24) is 4.57 Å². The highest BCUT2D eigenvalue weighted by atomic mass is 15.1. The Morgan fingerprint density at radius 1 is 0.273 bits per heavy atom. The standard InChI is InChI=1S/C75H50N2/c1-3-18-51(19-4-1)64-30-15-20-54-21-16-31-65(74(54)64)53-38-42-58(43-39-53)76(59-46-40-57(41-47-59)75(56-23-5-2-6-24-56)70-32-11-7-25-66(70)67-26-8-12-33-71(67)75)61-48-49-63-55(50-61)22-17-29-62(63)52-36-44-60(45-37-52)77-72-34-13-9-27-68(72)69-28-10-14-35-73(69)77/h1-50H. The summed E-state index contributed by atoms with van der Waals surface area (Å²) in [6.07, 6.45) is 0. The number of rotatable bonds is 9. The smallest absolute Gasteiger partial charge is 0.0713 e. The van der Waals surface area contributed by atoms with Crippen molar-refractivity contribution in [2.75, 3.05) is 4.90 Å². The molecule has 0 saturated carbocycles. The molecule has 13 aromatic carbocycles. The van der Waals surface area contributed by atoms with Crippen LogP contribution in [-0.2, 0) is 5.41 Å². The second kappa shape index (κ2) is 18.1. The maximum atomic E-state index is 2.42. The first kappa shape index (κ1) is 44.5. The number of benzene rings is 13. The average molecular weight is 979 g/mol. The zero-order valence-electron chi connectivity index (χ0n) is 42.3. The second-order valence-corrected chi connectivity index (χ2v) is 20.3. The van der Waals surface area contributed by atoms with Gasteiger partial charge in [0.1, 0.15) is 0 Å². The number of hydrogen-bond acceptors (Lipinski definition) is 1. The van der Waals surface area contributed by atoms with Crippen molar-refractivity contribution in [2.24, 2.45) is 0 Å². The van der Waals surface area contributed by atoms with E-state index in [1.54, 1.807) is 0 Å². The first-order chi connectivity index (χ1) is 38.2. The minimum Gasteiger partial charge on any atom is -0.310 e. The fraction of sp³-hybridized carbons (Fsp3) is 0.0133. The van der Waals surface area contributed by atoms with Crippen LogP contribution < -0.4 is 4.90 Å². The average Bonchev–Trinajstić information content (AvgIpc) is 4.25. The molecule has 1 aliphatic carbocycles. The molecule has 0 radical (unpaired) electrons. The minimum absolute atomic E-state index is 0.489. The molecular weight excluding hydrogens is 929 g/mol. The van der Waals surface area contributed by atoms with E-state index in [1.807, 2.05) is 0 Å². The van der Waals surface area contributed by atoms with Crippen LogP contribution in [0, 0.1) is 0 Å². The van der Waals surface area contributed by atoms with Gasteiger partial charge in [-0.3, -0.25) is 0 Å². The number of fused-ring (bicyclic) bond motifs is 8. The van der Waals surface area contributed by atoms with Gasteiger partial charge in [0.15, 0.2) is 0 Å². The Morgan fingerprint density at radius 3 is 1.34 bits per heavy atom. The van der Waals surface area contributed by atoms with Crippen LogP contribution in [0.5, 0.6) is 0 Å². The molecule has 0 unspecified atom stereocenters. The SMILES string of the molecule is c1ccc(-c2cccc3cccc(-c4ccc(N(c5ccc(C6(c7ccccc7)c7ccccc7-c7ccccc76)cc5)c5ccc6c(-c7ccc(-n8c9ccccc9c9ccccc98)cc7)cccc6c5)cc4)c23)cc1. The quantitative estimate of drug-likeness (QED) is 0.140. The van der Waals surface area contributed by atoms with Crippen molar-refractivity contribution >= 4 is 60.4 Å². The molecule has 0 spiro atoms. The maximum Gasteiger partial charge on any atom is 0.0713 e. The molecule has 0 amide bonds. The van der Waals surface area contributed by atoms with E-state index in [9.17, 15) is 0 Å². The highest BCUT2D eigenvalue weighted by Gasteiger charge is 2.45. The third-order valence-corrected chi connectivity index (χ3v) is 16.3. The molecule has 360 valence electrons. The van der Waals surface area contributed by atoms with Gasteiger partial charge in [0.25, 0.3) is 0 Å². The van der Waals surface area contributed by atoms with Crippen LogP contribution in [0.4, 0.5) is 17.1 Å². The first-order valence-corrected chi connectivity index (χ1v) is 26.7. The van der Waals surface area contributed by atoms with Crippen LogP contribution in [0.2, 0.25) is 0 Å². The predicted octanol–water partition coefficient (Wildman–Crippen LogP) is 19.9. The zero-order chi connectivity index (χ0) is 50.9. The normalized spacial score (nSPS) is 12.5. The molecule has 1 heterocycles.